The molecule has 2 N–H and O–H groups in total. The Morgan fingerprint density at radius 3 is 2.60 bits per heavy atom. The van der Waals surface area contributed by atoms with E-state index >= 15 is 0 Å². The number of nitrogens with two attached hydrogens (primary N) is 1. The zero-order valence-corrected chi connectivity index (χ0v) is 10.7. The first-order chi connectivity index (χ1) is 7.06. The Hall–Kier alpha value is -0.680. The van der Waals surface area contributed by atoms with E-state index < -0.39 is 0 Å². The number of hydrogen-bond donors (Lipinski definition) is 1. The molecule has 84 valence electrons. The van der Waals surface area contributed by atoms with E-state index in [0.29, 0.717) is 21.8 Å². The second kappa shape index (κ2) is 5.42. The van der Waals surface area contributed by atoms with Crippen molar-refractivity contribution in [3.8, 4) is 0 Å². The summed E-state index contributed by atoms with van der Waals surface area (Å²) in [6.07, 6.45) is 1.08. The van der Waals surface area contributed by atoms with Gasteiger partial charge in [0.15, 0.2) is 16.1 Å². The maximum absolute atomic E-state index is 5.93. The summed E-state index contributed by atoms with van der Waals surface area (Å²) in [4.78, 5) is 10.3. The molecule has 0 atom stereocenters. The maximum atomic E-state index is 5.93. The first kappa shape index (κ1) is 12.4. The Morgan fingerprint density at radius 1 is 1.40 bits per heavy atom. The van der Waals surface area contributed by atoms with Crippen LogP contribution in [-0.4, -0.2) is 29.8 Å². The van der Waals surface area contributed by atoms with Gasteiger partial charge in [0.25, 0.3) is 0 Å². The molecule has 0 aliphatic carbocycles. The average molecular weight is 247 g/mol. The van der Waals surface area contributed by atoms with Gasteiger partial charge in [0.05, 0.1) is 0 Å². The highest BCUT2D eigenvalue weighted by atomic mass is 35.5. The van der Waals surface area contributed by atoms with Crippen LogP contribution in [0.15, 0.2) is 5.16 Å². The number of rotatable bonds is 4. The van der Waals surface area contributed by atoms with Crippen molar-refractivity contribution in [1.82, 2.24) is 9.97 Å². The summed E-state index contributed by atoms with van der Waals surface area (Å²) in [7, 11) is 3.76. The number of thioether (sulfide) groups is 1. The van der Waals surface area contributed by atoms with Crippen LogP contribution in [0.3, 0.4) is 0 Å². The van der Waals surface area contributed by atoms with Crippen molar-refractivity contribution in [3.63, 3.8) is 0 Å². The lowest BCUT2D eigenvalue weighted by molar-refractivity contribution is 0.930. The highest BCUT2D eigenvalue weighted by Crippen LogP contribution is 2.28. The smallest absolute Gasteiger partial charge is 0.191 e. The van der Waals surface area contributed by atoms with Crippen LogP contribution >= 0.6 is 23.4 Å². The van der Waals surface area contributed by atoms with Gasteiger partial charge in [-0.05, 0) is 6.42 Å². The Balaban J connectivity index is 3.00. The van der Waals surface area contributed by atoms with Gasteiger partial charge in [-0.2, -0.15) is 0 Å². The van der Waals surface area contributed by atoms with Gasteiger partial charge >= 0.3 is 0 Å². The lowest BCUT2D eigenvalue weighted by Gasteiger charge is -2.15. The molecule has 0 radical (unpaired) electrons. The molecule has 0 unspecified atom stereocenters. The van der Waals surface area contributed by atoms with Gasteiger partial charge in [0.2, 0.25) is 0 Å². The van der Waals surface area contributed by atoms with Crippen molar-refractivity contribution >= 4 is 34.9 Å². The van der Waals surface area contributed by atoms with Gasteiger partial charge in [-0.15, -0.1) is 0 Å². The highest BCUT2D eigenvalue weighted by molar-refractivity contribution is 7.99. The zero-order valence-electron chi connectivity index (χ0n) is 9.12. The third kappa shape index (κ3) is 3.14. The van der Waals surface area contributed by atoms with Crippen LogP contribution in [0.4, 0.5) is 11.5 Å². The van der Waals surface area contributed by atoms with Gasteiger partial charge in [0.1, 0.15) is 5.69 Å². The van der Waals surface area contributed by atoms with Gasteiger partial charge < -0.3 is 10.6 Å². The molecule has 0 aliphatic rings. The molecule has 1 aromatic rings. The third-order valence-corrected chi connectivity index (χ3v) is 3.06. The quantitative estimate of drug-likeness (QED) is 0.502. The van der Waals surface area contributed by atoms with E-state index in [0.717, 1.165) is 12.2 Å². The molecule has 6 heteroatoms. The second-order valence-electron chi connectivity index (χ2n) is 3.28. The molecule has 4 nitrogen and oxygen atoms in total. The van der Waals surface area contributed by atoms with Crippen LogP contribution in [0.5, 0.6) is 0 Å². The number of hydrogen-bond acceptors (Lipinski definition) is 5. The fraction of sp³-hybridized carbons (Fsp3) is 0.556. The van der Waals surface area contributed by atoms with E-state index in [-0.39, 0.29) is 0 Å². The van der Waals surface area contributed by atoms with E-state index in [1.54, 1.807) is 11.8 Å². The Morgan fingerprint density at radius 2 is 2.07 bits per heavy atom. The van der Waals surface area contributed by atoms with Crippen LogP contribution < -0.4 is 10.6 Å². The highest BCUT2D eigenvalue weighted by Gasteiger charge is 2.11. The summed E-state index contributed by atoms with van der Waals surface area (Å²) < 4.78 is 0. The lowest BCUT2D eigenvalue weighted by Crippen LogP contribution is -2.14. The molecule has 1 rings (SSSR count). The molecule has 1 aromatic heterocycles. The summed E-state index contributed by atoms with van der Waals surface area (Å²) in [5.41, 5.74) is 6.21. The molecule has 0 aliphatic heterocycles. The van der Waals surface area contributed by atoms with Crippen molar-refractivity contribution in [2.24, 2.45) is 0 Å². The Bertz CT molecular complexity index is 343. The van der Waals surface area contributed by atoms with Crippen LogP contribution in [0, 0.1) is 0 Å². The molecular formula is C9H15ClN4S. The van der Waals surface area contributed by atoms with Gasteiger partial charge in [0, 0.05) is 19.8 Å². The van der Waals surface area contributed by atoms with E-state index in [4.69, 9.17) is 17.3 Å². The Labute approximate surface area is 99.2 Å². The molecule has 15 heavy (non-hydrogen) atoms. The summed E-state index contributed by atoms with van der Waals surface area (Å²) in [6, 6.07) is 0. The van der Waals surface area contributed by atoms with Crippen LogP contribution in [0.1, 0.15) is 13.3 Å². The van der Waals surface area contributed by atoms with Crippen molar-refractivity contribution in [2.45, 2.75) is 18.5 Å². The summed E-state index contributed by atoms with van der Waals surface area (Å²) in [5, 5.41) is 1.01. The minimum absolute atomic E-state index is 0.326. The molecule has 0 fully saturated rings. The van der Waals surface area contributed by atoms with E-state index in [2.05, 4.69) is 16.9 Å². The second-order valence-corrected chi connectivity index (χ2v) is 4.70. The van der Waals surface area contributed by atoms with Crippen LogP contribution in [-0.2, 0) is 0 Å². The first-order valence-electron chi connectivity index (χ1n) is 4.69. The van der Waals surface area contributed by atoms with Crippen LogP contribution in [0.25, 0.3) is 0 Å². The summed E-state index contributed by atoms with van der Waals surface area (Å²) >= 11 is 7.51. The van der Waals surface area contributed by atoms with Crippen molar-refractivity contribution < 1.29 is 0 Å². The average Bonchev–Trinajstić information content (AvgIpc) is 2.19. The molecule has 0 saturated heterocycles. The SMILES string of the molecule is CCCSc1nc(Cl)c(N)c(N(C)C)n1. The molecule has 0 saturated carbocycles. The monoisotopic (exact) mass is 246 g/mol. The first-order valence-corrected chi connectivity index (χ1v) is 6.05. The van der Waals surface area contributed by atoms with Gasteiger partial charge in [-0.1, -0.05) is 30.3 Å². The van der Waals surface area contributed by atoms with E-state index in [1.165, 1.54) is 0 Å². The minimum atomic E-state index is 0.326. The third-order valence-electron chi connectivity index (χ3n) is 1.72. The van der Waals surface area contributed by atoms with Crippen molar-refractivity contribution in [2.75, 3.05) is 30.5 Å². The standard InChI is InChI=1S/C9H15ClN4S/c1-4-5-15-9-12-7(10)6(11)8(13-9)14(2)3/h4-5,11H2,1-3H3. The van der Waals surface area contributed by atoms with Gasteiger partial charge in [-0.25, -0.2) is 9.97 Å². The zero-order chi connectivity index (χ0) is 11.4. The number of aromatic nitrogens is 2. The summed E-state index contributed by atoms with van der Waals surface area (Å²) in [6.45, 7) is 2.11. The largest absolute Gasteiger partial charge is 0.393 e. The van der Waals surface area contributed by atoms with E-state index in [1.807, 2.05) is 19.0 Å². The van der Waals surface area contributed by atoms with Gasteiger partial charge in [-0.3, -0.25) is 0 Å². The molecule has 1 heterocycles. The number of anilines is 2. The lowest BCUT2D eigenvalue weighted by atomic mass is 10.4. The molecule has 0 bridgehead atoms. The Kier molecular flexibility index (Phi) is 4.47. The van der Waals surface area contributed by atoms with Crippen molar-refractivity contribution in [3.05, 3.63) is 5.15 Å². The fourth-order valence-electron chi connectivity index (χ4n) is 1.01. The number of nitrogen functional groups attached to an aromatic ring is 1. The predicted octanol–water partition coefficient (Wildman–Crippen LogP) is 2.28. The predicted molar refractivity (Wildman–Crippen MR) is 66.8 cm³/mol. The fourth-order valence-corrected chi connectivity index (χ4v) is 1.92. The molecule has 0 amide bonds. The number of halogens is 1. The molecular weight excluding hydrogens is 232 g/mol. The maximum Gasteiger partial charge on any atom is 0.191 e. The normalized spacial score (nSPS) is 10.4. The summed E-state index contributed by atoms with van der Waals surface area (Å²) in [5.74, 6) is 1.65. The van der Waals surface area contributed by atoms with Crippen molar-refractivity contribution in [1.29, 1.82) is 0 Å². The number of nitrogens with zero attached hydrogens (tertiary/aromatic N) is 3. The molecule has 0 spiro atoms. The van der Waals surface area contributed by atoms with E-state index in [9.17, 15) is 0 Å². The minimum Gasteiger partial charge on any atom is -0.393 e. The van der Waals surface area contributed by atoms with Crippen LogP contribution in [0.2, 0.25) is 5.15 Å². The molecule has 0 aromatic carbocycles. The topological polar surface area (TPSA) is 55.0 Å².